The molecule has 0 spiro atoms. The van der Waals surface area contributed by atoms with Crippen LogP contribution in [-0.2, 0) is 17.7 Å². The molecule has 5 nitrogen and oxygen atoms in total. The molecule has 1 aliphatic rings. The van der Waals surface area contributed by atoms with Crippen LogP contribution in [0, 0.1) is 11.2 Å². The number of aromatic nitrogens is 1. The van der Waals surface area contributed by atoms with E-state index in [1.807, 2.05) is 42.5 Å². The molecule has 0 radical (unpaired) electrons. The number of nitrogens with zero attached hydrogens (tertiary/aromatic N) is 1. The largest absolute Gasteiger partial charge is 0.465 e. The van der Waals surface area contributed by atoms with Gasteiger partial charge in [0.1, 0.15) is 5.82 Å². The number of carbonyl (C=O) groups excluding carboxylic acids is 1. The number of rotatable bonds is 5. The fourth-order valence-electron chi connectivity index (χ4n) is 4.15. The second kappa shape index (κ2) is 8.38. The van der Waals surface area contributed by atoms with Crippen LogP contribution in [0.1, 0.15) is 47.1 Å². The lowest BCUT2D eigenvalue weighted by atomic mass is 9.72. The van der Waals surface area contributed by atoms with Crippen molar-refractivity contribution in [1.82, 2.24) is 4.98 Å². The lowest BCUT2D eigenvalue weighted by molar-refractivity contribution is 0.0600. The van der Waals surface area contributed by atoms with Crippen LogP contribution in [0.5, 0.6) is 0 Å². The molecule has 0 saturated carbocycles. The van der Waals surface area contributed by atoms with Gasteiger partial charge in [0.2, 0.25) is 0 Å². The molecule has 3 aromatic rings. The van der Waals surface area contributed by atoms with Crippen molar-refractivity contribution in [3.63, 3.8) is 0 Å². The van der Waals surface area contributed by atoms with E-state index in [2.05, 4.69) is 29.5 Å². The average molecular weight is 420 g/mol. The van der Waals surface area contributed by atoms with Gasteiger partial charge in [-0.3, -0.25) is 4.98 Å². The SMILES string of the molecule is COC(=O)c1ccc2c(c1)CC(C)(C)C(c1ccc(F)c(NCc3ccccn3)c1)N2. The molecule has 160 valence electrons. The molecule has 4 rings (SSSR count). The van der Waals surface area contributed by atoms with E-state index in [0.29, 0.717) is 17.8 Å². The predicted molar refractivity (Wildman–Crippen MR) is 120 cm³/mol. The number of fused-ring (bicyclic) bond motifs is 1. The molecule has 0 saturated heterocycles. The third kappa shape index (κ3) is 4.38. The summed E-state index contributed by atoms with van der Waals surface area (Å²) in [7, 11) is 1.38. The lowest BCUT2D eigenvalue weighted by Gasteiger charge is -2.41. The molecule has 2 heterocycles. The zero-order chi connectivity index (χ0) is 22.0. The van der Waals surface area contributed by atoms with Crippen LogP contribution < -0.4 is 10.6 Å². The van der Waals surface area contributed by atoms with E-state index in [9.17, 15) is 9.18 Å². The molecule has 1 aromatic heterocycles. The summed E-state index contributed by atoms with van der Waals surface area (Å²) in [5, 5.41) is 6.76. The molecule has 31 heavy (non-hydrogen) atoms. The van der Waals surface area contributed by atoms with Crippen LogP contribution in [0.15, 0.2) is 60.8 Å². The van der Waals surface area contributed by atoms with Crippen LogP contribution in [0.2, 0.25) is 0 Å². The van der Waals surface area contributed by atoms with E-state index in [4.69, 9.17) is 4.74 Å². The predicted octanol–water partition coefficient (Wildman–Crippen LogP) is 5.35. The standard InChI is InChI=1S/C25H26FN3O2/c1-25(2)14-18-12-17(24(30)31-3)8-10-21(18)29-23(25)16-7-9-20(26)22(13-16)28-15-19-6-4-5-11-27-19/h4-13,23,28-29H,14-15H2,1-3H3. The zero-order valence-electron chi connectivity index (χ0n) is 17.9. The first-order valence-corrected chi connectivity index (χ1v) is 10.3. The van der Waals surface area contributed by atoms with E-state index in [-0.39, 0.29) is 23.2 Å². The first-order valence-electron chi connectivity index (χ1n) is 10.3. The Morgan fingerprint density at radius 2 is 2.06 bits per heavy atom. The molecule has 0 aliphatic carbocycles. The fourth-order valence-corrected chi connectivity index (χ4v) is 4.15. The number of hydrogen-bond donors (Lipinski definition) is 2. The van der Waals surface area contributed by atoms with Crippen molar-refractivity contribution < 1.29 is 13.9 Å². The molecule has 2 N–H and O–H groups in total. The fraction of sp³-hybridized carbons (Fsp3) is 0.280. The highest BCUT2D eigenvalue weighted by molar-refractivity contribution is 5.90. The number of anilines is 2. The van der Waals surface area contributed by atoms with Crippen molar-refractivity contribution in [2.75, 3.05) is 17.7 Å². The maximum Gasteiger partial charge on any atom is 0.337 e. The van der Waals surface area contributed by atoms with Gasteiger partial charge >= 0.3 is 5.97 Å². The summed E-state index contributed by atoms with van der Waals surface area (Å²) in [6.07, 6.45) is 2.50. The summed E-state index contributed by atoms with van der Waals surface area (Å²) in [5.41, 5.74) is 4.73. The summed E-state index contributed by atoms with van der Waals surface area (Å²) < 4.78 is 19.3. The second-order valence-electron chi connectivity index (χ2n) is 8.52. The van der Waals surface area contributed by atoms with Crippen molar-refractivity contribution in [2.24, 2.45) is 5.41 Å². The van der Waals surface area contributed by atoms with Gasteiger partial charge in [-0.05, 0) is 65.4 Å². The number of nitrogens with one attached hydrogen (secondary N) is 2. The minimum Gasteiger partial charge on any atom is -0.465 e. The van der Waals surface area contributed by atoms with Crippen LogP contribution in [0.25, 0.3) is 0 Å². The average Bonchev–Trinajstić information content (AvgIpc) is 2.77. The highest BCUT2D eigenvalue weighted by Crippen LogP contribution is 2.45. The third-order valence-corrected chi connectivity index (χ3v) is 5.76. The zero-order valence-corrected chi connectivity index (χ0v) is 17.9. The number of benzene rings is 2. The number of halogens is 1. The number of ether oxygens (including phenoxy) is 1. The molecule has 6 heteroatoms. The van der Waals surface area contributed by atoms with Crippen molar-refractivity contribution in [1.29, 1.82) is 0 Å². The minimum atomic E-state index is -0.343. The van der Waals surface area contributed by atoms with Gasteiger partial charge in [0.15, 0.2) is 0 Å². The van der Waals surface area contributed by atoms with E-state index in [1.165, 1.54) is 13.2 Å². The summed E-state index contributed by atoms with van der Waals surface area (Å²) in [5.74, 6) is -0.638. The van der Waals surface area contributed by atoms with Crippen molar-refractivity contribution in [2.45, 2.75) is 32.9 Å². The van der Waals surface area contributed by atoms with E-state index in [0.717, 1.165) is 28.9 Å². The molecule has 2 aromatic carbocycles. The summed E-state index contributed by atoms with van der Waals surface area (Å²) in [6.45, 7) is 4.79. The van der Waals surface area contributed by atoms with Crippen molar-refractivity contribution in [3.8, 4) is 0 Å². The molecule has 0 amide bonds. The Hall–Kier alpha value is -3.41. The third-order valence-electron chi connectivity index (χ3n) is 5.76. The van der Waals surface area contributed by atoms with Crippen LogP contribution >= 0.6 is 0 Å². The highest BCUT2D eigenvalue weighted by atomic mass is 19.1. The molecule has 0 fully saturated rings. The van der Waals surface area contributed by atoms with Gasteiger partial charge in [0, 0.05) is 11.9 Å². The van der Waals surface area contributed by atoms with Crippen LogP contribution in [-0.4, -0.2) is 18.1 Å². The normalized spacial score (nSPS) is 16.7. The minimum absolute atomic E-state index is 0.0139. The van der Waals surface area contributed by atoms with Gasteiger partial charge < -0.3 is 15.4 Å². The monoisotopic (exact) mass is 419 g/mol. The van der Waals surface area contributed by atoms with Gasteiger partial charge in [0.25, 0.3) is 0 Å². The molecule has 1 aliphatic heterocycles. The Morgan fingerprint density at radius 3 is 2.81 bits per heavy atom. The number of methoxy groups -OCH3 is 1. The van der Waals surface area contributed by atoms with Gasteiger partial charge in [-0.25, -0.2) is 9.18 Å². The number of esters is 1. The van der Waals surface area contributed by atoms with E-state index >= 15 is 0 Å². The Morgan fingerprint density at radius 1 is 1.23 bits per heavy atom. The van der Waals surface area contributed by atoms with Crippen LogP contribution in [0.4, 0.5) is 15.8 Å². The van der Waals surface area contributed by atoms with Gasteiger partial charge in [-0.15, -0.1) is 0 Å². The summed E-state index contributed by atoms with van der Waals surface area (Å²) in [6, 6.07) is 16.4. The Bertz CT molecular complexity index is 1100. The first kappa shape index (κ1) is 20.8. The van der Waals surface area contributed by atoms with Gasteiger partial charge in [-0.1, -0.05) is 26.0 Å². The van der Waals surface area contributed by atoms with Gasteiger partial charge in [0.05, 0.1) is 36.6 Å². The van der Waals surface area contributed by atoms with E-state index in [1.54, 1.807) is 12.3 Å². The van der Waals surface area contributed by atoms with Crippen molar-refractivity contribution in [3.05, 3.63) is 89.0 Å². The number of hydrogen-bond acceptors (Lipinski definition) is 5. The Labute approximate surface area is 181 Å². The maximum atomic E-state index is 14.5. The van der Waals surface area contributed by atoms with Crippen LogP contribution in [0.3, 0.4) is 0 Å². The maximum absolute atomic E-state index is 14.5. The topological polar surface area (TPSA) is 63.2 Å². The molecular weight excluding hydrogens is 393 g/mol. The Balaban J connectivity index is 1.59. The Kier molecular flexibility index (Phi) is 5.63. The van der Waals surface area contributed by atoms with Crippen molar-refractivity contribution >= 4 is 17.3 Å². The molecule has 1 atom stereocenters. The summed E-state index contributed by atoms with van der Waals surface area (Å²) in [4.78, 5) is 16.2. The number of carbonyl (C=O) groups is 1. The van der Waals surface area contributed by atoms with Gasteiger partial charge in [-0.2, -0.15) is 0 Å². The quantitative estimate of drug-likeness (QED) is 0.546. The first-order chi connectivity index (χ1) is 14.9. The second-order valence-corrected chi connectivity index (χ2v) is 8.52. The smallest absolute Gasteiger partial charge is 0.337 e. The van der Waals surface area contributed by atoms with E-state index < -0.39 is 0 Å². The molecule has 1 unspecified atom stereocenters. The number of pyridine rings is 1. The lowest BCUT2D eigenvalue weighted by Crippen LogP contribution is -2.35. The molecular formula is C25H26FN3O2. The summed E-state index contributed by atoms with van der Waals surface area (Å²) >= 11 is 0. The molecule has 0 bridgehead atoms. The highest BCUT2D eigenvalue weighted by Gasteiger charge is 2.36.